The van der Waals surface area contributed by atoms with Crippen LogP contribution in [0.4, 0.5) is 0 Å². The van der Waals surface area contributed by atoms with Crippen molar-refractivity contribution in [2.75, 3.05) is 7.11 Å². The van der Waals surface area contributed by atoms with Crippen LogP contribution < -0.4 is 0 Å². The molecule has 5 heteroatoms. The van der Waals surface area contributed by atoms with Gasteiger partial charge in [0.25, 0.3) is 0 Å². The molecule has 1 aromatic carbocycles. The maximum Gasteiger partial charge on any atom is 0.355 e. The molecule has 0 aliphatic carbocycles. The Bertz CT molecular complexity index is 658. The monoisotopic (exact) mass is 287 g/mol. The lowest BCUT2D eigenvalue weighted by atomic mass is 10.1. The van der Waals surface area contributed by atoms with Gasteiger partial charge in [-0.1, -0.05) is 30.3 Å². The van der Waals surface area contributed by atoms with Crippen molar-refractivity contribution < 1.29 is 19.1 Å². The molecule has 5 nitrogen and oxygen atoms in total. The fourth-order valence-corrected chi connectivity index (χ4v) is 2.16. The summed E-state index contributed by atoms with van der Waals surface area (Å²) in [7, 11) is 1.31. The maximum absolute atomic E-state index is 12.1. The predicted molar refractivity (Wildman–Crippen MR) is 77.2 cm³/mol. The van der Waals surface area contributed by atoms with Crippen molar-refractivity contribution >= 4 is 11.9 Å². The number of aromatic amines is 1. The Labute approximate surface area is 122 Å². The molecule has 2 aromatic rings. The van der Waals surface area contributed by atoms with Crippen molar-refractivity contribution in [2.45, 2.75) is 20.5 Å². The summed E-state index contributed by atoms with van der Waals surface area (Å²) < 4.78 is 9.96. The lowest BCUT2D eigenvalue weighted by Crippen LogP contribution is -2.08. The van der Waals surface area contributed by atoms with E-state index in [-0.39, 0.29) is 12.3 Å². The first-order valence-corrected chi connectivity index (χ1v) is 6.53. The summed E-state index contributed by atoms with van der Waals surface area (Å²) in [6.07, 6.45) is 0. The van der Waals surface area contributed by atoms with E-state index >= 15 is 0 Å². The Morgan fingerprint density at radius 1 is 1.10 bits per heavy atom. The van der Waals surface area contributed by atoms with Crippen LogP contribution in [0.3, 0.4) is 0 Å². The predicted octanol–water partition coefficient (Wildman–Crippen LogP) is 2.78. The molecule has 21 heavy (non-hydrogen) atoms. The Morgan fingerprint density at radius 3 is 2.38 bits per heavy atom. The highest BCUT2D eigenvalue weighted by molar-refractivity contribution is 5.98. The van der Waals surface area contributed by atoms with Crippen LogP contribution in [-0.4, -0.2) is 24.0 Å². The molecule has 110 valence electrons. The fourth-order valence-electron chi connectivity index (χ4n) is 2.16. The average Bonchev–Trinajstić information content (AvgIpc) is 2.80. The number of nitrogens with one attached hydrogen (secondary N) is 1. The lowest BCUT2D eigenvalue weighted by Gasteiger charge is -2.04. The van der Waals surface area contributed by atoms with E-state index in [1.807, 2.05) is 30.3 Å². The molecule has 1 heterocycles. The molecular formula is C16H17NO4. The first-order valence-electron chi connectivity index (χ1n) is 6.53. The van der Waals surface area contributed by atoms with E-state index in [1.54, 1.807) is 13.8 Å². The van der Waals surface area contributed by atoms with Gasteiger partial charge in [0, 0.05) is 5.69 Å². The average molecular weight is 287 g/mol. The molecule has 0 aliphatic heterocycles. The van der Waals surface area contributed by atoms with Gasteiger partial charge in [0.05, 0.1) is 12.7 Å². The second kappa shape index (κ2) is 6.26. The summed E-state index contributed by atoms with van der Waals surface area (Å²) in [6, 6.07) is 9.40. The summed E-state index contributed by atoms with van der Waals surface area (Å²) >= 11 is 0. The molecule has 1 N–H and O–H groups in total. The third kappa shape index (κ3) is 3.13. The van der Waals surface area contributed by atoms with Crippen molar-refractivity contribution in [1.82, 2.24) is 4.98 Å². The van der Waals surface area contributed by atoms with E-state index in [0.717, 1.165) is 5.56 Å². The lowest BCUT2D eigenvalue weighted by molar-refractivity contribution is 0.0465. The Kier molecular flexibility index (Phi) is 4.42. The largest absolute Gasteiger partial charge is 0.465 e. The molecule has 0 fully saturated rings. The second-order valence-electron chi connectivity index (χ2n) is 4.68. The zero-order valence-corrected chi connectivity index (χ0v) is 12.2. The normalized spacial score (nSPS) is 10.2. The van der Waals surface area contributed by atoms with Crippen molar-refractivity contribution in [2.24, 2.45) is 0 Å². The highest BCUT2D eigenvalue weighted by atomic mass is 16.5. The summed E-state index contributed by atoms with van der Waals surface area (Å²) in [5, 5.41) is 0. The molecule has 0 bridgehead atoms. The fraction of sp³-hybridized carbons (Fsp3) is 0.250. The van der Waals surface area contributed by atoms with Gasteiger partial charge in [-0.25, -0.2) is 9.59 Å². The highest BCUT2D eigenvalue weighted by Gasteiger charge is 2.23. The molecule has 0 atom stereocenters. The van der Waals surface area contributed by atoms with Crippen LogP contribution in [0.2, 0.25) is 0 Å². The molecule has 0 saturated carbocycles. The van der Waals surface area contributed by atoms with Crippen LogP contribution in [0, 0.1) is 13.8 Å². The topological polar surface area (TPSA) is 68.4 Å². The summed E-state index contributed by atoms with van der Waals surface area (Å²) in [5.41, 5.74) is 2.69. The van der Waals surface area contributed by atoms with E-state index < -0.39 is 11.9 Å². The smallest absolute Gasteiger partial charge is 0.355 e. The van der Waals surface area contributed by atoms with Gasteiger partial charge in [0.15, 0.2) is 0 Å². The van der Waals surface area contributed by atoms with Crippen LogP contribution in [0.5, 0.6) is 0 Å². The Balaban J connectivity index is 2.15. The number of hydrogen-bond donors (Lipinski definition) is 1. The Morgan fingerprint density at radius 2 is 1.76 bits per heavy atom. The van der Waals surface area contributed by atoms with Gasteiger partial charge in [-0.2, -0.15) is 0 Å². The molecule has 0 radical (unpaired) electrons. The van der Waals surface area contributed by atoms with Crippen LogP contribution in [-0.2, 0) is 16.1 Å². The van der Waals surface area contributed by atoms with Gasteiger partial charge < -0.3 is 14.5 Å². The SMILES string of the molecule is COC(=O)c1c(C)[nH]c(C(=O)OCc2ccccc2)c1C. The number of H-pyrrole nitrogens is 1. The minimum Gasteiger partial charge on any atom is -0.465 e. The van der Waals surface area contributed by atoms with Crippen LogP contribution in [0.15, 0.2) is 30.3 Å². The number of rotatable bonds is 4. The number of benzene rings is 1. The minimum absolute atomic E-state index is 0.185. The second-order valence-corrected chi connectivity index (χ2v) is 4.68. The summed E-state index contributed by atoms with van der Waals surface area (Å²) in [6.45, 7) is 3.59. The van der Waals surface area contributed by atoms with Crippen LogP contribution in [0.25, 0.3) is 0 Å². The maximum atomic E-state index is 12.1. The first-order chi connectivity index (χ1) is 10.0. The number of methoxy groups -OCH3 is 1. The van der Waals surface area contributed by atoms with Crippen molar-refractivity contribution in [1.29, 1.82) is 0 Å². The quantitative estimate of drug-likeness (QED) is 0.878. The number of aromatic nitrogens is 1. The number of carbonyl (C=O) groups is 2. The highest BCUT2D eigenvalue weighted by Crippen LogP contribution is 2.20. The standard InChI is InChI=1S/C16H17NO4/c1-10-13(15(18)20-3)11(2)17-14(10)16(19)21-9-12-7-5-4-6-8-12/h4-8,17H,9H2,1-3H3. The third-order valence-corrected chi connectivity index (χ3v) is 3.24. The first kappa shape index (κ1) is 14.8. The number of carbonyl (C=O) groups excluding carboxylic acids is 2. The number of hydrogen-bond acceptors (Lipinski definition) is 4. The van der Waals surface area contributed by atoms with Crippen molar-refractivity contribution in [3.8, 4) is 0 Å². The number of ether oxygens (including phenoxy) is 2. The summed E-state index contributed by atoms with van der Waals surface area (Å²) in [5.74, 6) is -0.960. The zero-order chi connectivity index (χ0) is 15.4. The zero-order valence-electron chi connectivity index (χ0n) is 12.2. The third-order valence-electron chi connectivity index (χ3n) is 3.24. The molecular weight excluding hydrogens is 270 g/mol. The van der Waals surface area contributed by atoms with Gasteiger partial charge in [0.2, 0.25) is 0 Å². The Hall–Kier alpha value is -2.56. The summed E-state index contributed by atoms with van der Waals surface area (Å²) in [4.78, 5) is 26.7. The van der Waals surface area contributed by atoms with Gasteiger partial charge >= 0.3 is 11.9 Å². The number of aryl methyl sites for hydroxylation is 1. The van der Waals surface area contributed by atoms with E-state index in [0.29, 0.717) is 16.8 Å². The molecule has 2 rings (SSSR count). The van der Waals surface area contributed by atoms with E-state index in [2.05, 4.69) is 4.98 Å². The van der Waals surface area contributed by atoms with Crippen LogP contribution >= 0.6 is 0 Å². The van der Waals surface area contributed by atoms with E-state index in [9.17, 15) is 9.59 Å². The van der Waals surface area contributed by atoms with E-state index in [4.69, 9.17) is 9.47 Å². The van der Waals surface area contributed by atoms with Gasteiger partial charge in [0.1, 0.15) is 12.3 Å². The molecule has 1 aromatic heterocycles. The molecule has 0 amide bonds. The van der Waals surface area contributed by atoms with E-state index in [1.165, 1.54) is 7.11 Å². The van der Waals surface area contributed by atoms with Crippen molar-refractivity contribution in [3.63, 3.8) is 0 Å². The minimum atomic E-state index is -0.491. The molecule has 0 saturated heterocycles. The molecule has 0 spiro atoms. The van der Waals surface area contributed by atoms with Crippen LogP contribution in [0.1, 0.15) is 37.7 Å². The van der Waals surface area contributed by atoms with Gasteiger partial charge in [-0.3, -0.25) is 0 Å². The van der Waals surface area contributed by atoms with Gasteiger partial charge in [-0.05, 0) is 25.0 Å². The molecule has 0 aliphatic rings. The molecule has 0 unspecified atom stereocenters. The number of esters is 2. The van der Waals surface area contributed by atoms with Crippen molar-refractivity contribution in [3.05, 3.63) is 58.4 Å². The van der Waals surface area contributed by atoms with Gasteiger partial charge in [-0.15, -0.1) is 0 Å².